The van der Waals surface area contributed by atoms with Gasteiger partial charge in [-0.15, -0.1) is 0 Å². The van der Waals surface area contributed by atoms with Gasteiger partial charge in [-0.25, -0.2) is 4.68 Å². The van der Waals surface area contributed by atoms with Crippen LogP contribution >= 0.6 is 15.9 Å². The van der Waals surface area contributed by atoms with Crippen LogP contribution in [0.3, 0.4) is 0 Å². The zero-order valence-corrected chi connectivity index (χ0v) is 10.7. The first kappa shape index (κ1) is 11.4. The number of para-hydroxylation sites is 1. The van der Waals surface area contributed by atoms with Gasteiger partial charge in [0.2, 0.25) is 0 Å². The Labute approximate surface area is 103 Å². The molecule has 0 aliphatic heterocycles. The van der Waals surface area contributed by atoms with Crippen molar-refractivity contribution in [2.75, 3.05) is 6.54 Å². The highest BCUT2D eigenvalue weighted by Gasteiger charge is 2.09. The Morgan fingerprint density at radius 3 is 2.81 bits per heavy atom. The summed E-state index contributed by atoms with van der Waals surface area (Å²) in [5, 5.41) is 4.38. The highest BCUT2D eigenvalue weighted by atomic mass is 79.9. The Kier molecular flexibility index (Phi) is 3.41. The SMILES string of the molecule is Cc1ccccc1-n1ncc(CCN)c1Br. The molecule has 0 fully saturated rings. The van der Waals surface area contributed by atoms with Crippen LogP contribution in [0.1, 0.15) is 11.1 Å². The first-order valence-electron chi connectivity index (χ1n) is 5.22. The molecular weight excluding hydrogens is 266 g/mol. The number of halogens is 1. The maximum Gasteiger partial charge on any atom is 0.113 e. The molecule has 0 spiro atoms. The van der Waals surface area contributed by atoms with Gasteiger partial charge < -0.3 is 5.73 Å². The van der Waals surface area contributed by atoms with Gasteiger partial charge in [0.1, 0.15) is 4.60 Å². The lowest BCUT2D eigenvalue weighted by molar-refractivity contribution is 0.850. The van der Waals surface area contributed by atoms with Gasteiger partial charge in [0.25, 0.3) is 0 Å². The van der Waals surface area contributed by atoms with E-state index in [1.54, 1.807) is 0 Å². The van der Waals surface area contributed by atoms with E-state index in [4.69, 9.17) is 5.73 Å². The first-order valence-corrected chi connectivity index (χ1v) is 6.02. The molecule has 0 aliphatic carbocycles. The second-order valence-electron chi connectivity index (χ2n) is 3.70. The van der Waals surface area contributed by atoms with E-state index >= 15 is 0 Å². The zero-order chi connectivity index (χ0) is 11.5. The number of aryl methyl sites for hydroxylation is 1. The van der Waals surface area contributed by atoms with Crippen molar-refractivity contribution in [1.29, 1.82) is 0 Å². The van der Waals surface area contributed by atoms with E-state index in [2.05, 4.69) is 40.1 Å². The van der Waals surface area contributed by atoms with Gasteiger partial charge >= 0.3 is 0 Å². The lowest BCUT2D eigenvalue weighted by Crippen LogP contribution is -2.03. The van der Waals surface area contributed by atoms with Crippen LogP contribution in [0.5, 0.6) is 0 Å². The first-order chi connectivity index (χ1) is 7.74. The zero-order valence-electron chi connectivity index (χ0n) is 9.15. The molecule has 0 amide bonds. The molecule has 4 heteroatoms. The van der Waals surface area contributed by atoms with Crippen molar-refractivity contribution < 1.29 is 0 Å². The summed E-state index contributed by atoms with van der Waals surface area (Å²) in [7, 11) is 0. The monoisotopic (exact) mass is 279 g/mol. The standard InChI is InChI=1S/C12H14BrN3/c1-9-4-2-3-5-11(9)16-12(13)10(6-7-14)8-15-16/h2-5,8H,6-7,14H2,1H3. The van der Waals surface area contributed by atoms with Crippen molar-refractivity contribution >= 4 is 15.9 Å². The molecule has 2 rings (SSSR count). The molecule has 0 saturated heterocycles. The average molecular weight is 280 g/mol. The van der Waals surface area contributed by atoms with E-state index in [0.29, 0.717) is 6.54 Å². The smallest absolute Gasteiger partial charge is 0.113 e. The van der Waals surface area contributed by atoms with E-state index in [0.717, 1.165) is 22.3 Å². The molecular formula is C12H14BrN3. The number of nitrogens with two attached hydrogens (primary N) is 1. The van der Waals surface area contributed by atoms with E-state index in [1.165, 1.54) is 5.56 Å². The number of hydrogen-bond donors (Lipinski definition) is 1. The van der Waals surface area contributed by atoms with E-state index < -0.39 is 0 Å². The molecule has 1 heterocycles. The summed E-state index contributed by atoms with van der Waals surface area (Å²) < 4.78 is 2.90. The minimum Gasteiger partial charge on any atom is -0.330 e. The third kappa shape index (κ3) is 2.03. The minimum atomic E-state index is 0.637. The van der Waals surface area contributed by atoms with Gasteiger partial charge in [-0.2, -0.15) is 5.10 Å². The maximum absolute atomic E-state index is 5.55. The number of nitrogens with zero attached hydrogens (tertiary/aromatic N) is 2. The van der Waals surface area contributed by atoms with Crippen LogP contribution in [0.4, 0.5) is 0 Å². The van der Waals surface area contributed by atoms with Gasteiger partial charge in [-0.05, 0) is 47.4 Å². The topological polar surface area (TPSA) is 43.8 Å². The lowest BCUT2D eigenvalue weighted by atomic mass is 10.2. The van der Waals surface area contributed by atoms with Gasteiger partial charge in [-0.1, -0.05) is 18.2 Å². The number of aromatic nitrogens is 2. The van der Waals surface area contributed by atoms with E-state index in [1.807, 2.05) is 23.0 Å². The summed E-state index contributed by atoms with van der Waals surface area (Å²) in [5.41, 5.74) is 8.99. The predicted molar refractivity (Wildman–Crippen MR) is 68.8 cm³/mol. The number of benzene rings is 1. The van der Waals surface area contributed by atoms with Crippen molar-refractivity contribution in [3.05, 3.63) is 46.2 Å². The van der Waals surface area contributed by atoms with Crippen molar-refractivity contribution in [3.63, 3.8) is 0 Å². The van der Waals surface area contributed by atoms with Gasteiger partial charge in [0.15, 0.2) is 0 Å². The minimum absolute atomic E-state index is 0.637. The molecule has 0 atom stereocenters. The Morgan fingerprint density at radius 1 is 1.38 bits per heavy atom. The fraction of sp³-hybridized carbons (Fsp3) is 0.250. The summed E-state index contributed by atoms with van der Waals surface area (Å²) in [6.07, 6.45) is 2.70. The molecule has 0 unspecified atom stereocenters. The van der Waals surface area contributed by atoms with E-state index in [-0.39, 0.29) is 0 Å². The molecule has 3 nitrogen and oxygen atoms in total. The summed E-state index contributed by atoms with van der Waals surface area (Å²) >= 11 is 3.57. The molecule has 1 aromatic heterocycles. The van der Waals surface area contributed by atoms with Gasteiger partial charge in [0, 0.05) is 5.56 Å². The number of hydrogen-bond acceptors (Lipinski definition) is 2. The molecule has 0 radical (unpaired) electrons. The van der Waals surface area contributed by atoms with Gasteiger partial charge in [0.05, 0.1) is 11.9 Å². The summed E-state index contributed by atoms with van der Waals surface area (Å²) in [6, 6.07) is 8.17. The highest BCUT2D eigenvalue weighted by molar-refractivity contribution is 9.10. The average Bonchev–Trinajstić information content (AvgIpc) is 2.62. The fourth-order valence-electron chi connectivity index (χ4n) is 1.66. The third-order valence-electron chi connectivity index (χ3n) is 2.54. The fourth-order valence-corrected chi connectivity index (χ4v) is 2.24. The molecule has 2 N–H and O–H groups in total. The Morgan fingerprint density at radius 2 is 2.12 bits per heavy atom. The molecule has 84 valence electrons. The molecule has 0 saturated carbocycles. The van der Waals surface area contributed by atoms with Crippen LogP contribution in [-0.4, -0.2) is 16.3 Å². The van der Waals surface area contributed by atoms with Crippen molar-refractivity contribution in [1.82, 2.24) is 9.78 Å². The molecule has 16 heavy (non-hydrogen) atoms. The van der Waals surface area contributed by atoms with Crippen LogP contribution in [0.2, 0.25) is 0 Å². The predicted octanol–water partition coefficient (Wildman–Crippen LogP) is 2.44. The molecule has 1 aromatic carbocycles. The maximum atomic E-state index is 5.55. The third-order valence-corrected chi connectivity index (χ3v) is 3.38. The Hall–Kier alpha value is -1.13. The molecule has 0 bridgehead atoms. The molecule has 0 aliphatic rings. The van der Waals surface area contributed by atoms with Crippen LogP contribution in [-0.2, 0) is 6.42 Å². The lowest BCUT2D eigenvalue weighted by Gasteiger charge is -2.07. The second-order valence-corrected chi connectivity index (χ2v) is 4.45. The van der Waals surface area contributed by atoms with Crippen molar-refractivity contribution in [2.45, 2.75) is 13.3 Å². The summed E-state index contributed by atoms with van der Waals surface area (Å²) in [5.74, 6) is 0. The Bertz CT molecular complexity index is 491. The normalized spacial score (nSPS) is 10.7. The van der Waals surface area contributed by atoms with Crippen LogP contribution in [0, 0.1) is 6.92 Å². The van der Waals surface area contributed by atoms with Crippen LogP contribution in [0.25, 0.3) is 5.69 Å². The highest BCUT2D eigenvalue weighted by Crippen LogP contribution is 2.22. The largest absolute Gasteiger partial charge is 0.330 e. The quantitative estimate of drug-likeness (QED) is 0.938. The van der Waals surface area contributed by atoms with Crippen LogP contribution in [0.15, 0.2) is 35.1 Å². The number of rotatable bonds is 3. The van der Waals surface area contributed by atoms with Gasteiger partial charge in [-0.3, -0.25) is 0 Å². The Balaban J connectivity index is 2.45. The second kappa shape index (κ2) is 4.80. The summed E-state index contributed by atoms with van der Waals surface area (Å²) in [6.45, 7) is 2.71. The van der Waals surface area contributed by atoms with E-state index in [9.17, 15) is 0 Å². The molecule has 2 aromatic rings. The van der Waals surface area contributed by atoms with Crippen LogP contribution < -0.4 is 5.73 Å². The van der Waals surface area contributed by atoms with Crippen molar-refractivity contribution in [3.8, 4) is 5.69 Å². The summed E-state index contributed by atoms with van der Waals surface area (Å²) in [4.78, 5) is 0. The van der Waals surface area contributed by atoms with Crippen molar-refractivity contribution in [2.24, 2.45) is 5.73 Å².